The highest BCUT2D eigenvalue weighted by Gasteiger charge is 2.07. The monoisotopic (exact) mass is 265 g/mol. The fourth-order valence-corrected chi connectivity index (χ4v) is 1.79. The second-order valence-corrected chi connectivity index (χ2v) is 4.13. The summed E-state index contributed by atoms with van der Waals surface area (Å²) in [5, 5.41) is 2.56. The van der Waals surface area contributed by atoms with Gasteiger partial charge in [0, 0.05) is 5.56 Å². The number of hydrogen-bond acceptors (Lipinski definition) is 2. The van der Waals surface area contributed by atoms with Crippen molar-refractivity contribution in [2.24, 2.45) is 0 Å². The Balaban J connectivity index is 2.10. The lowest BCUT2D eigenvalue weighted by atomic mass is 10.1. The first-order valence-electron chi connectivity index (χ1n) is 6.28. The van der Waals surface area contributed by atoms with Gasteiger partial charge in [0.2, 0.25) is 0 Å². The molecule has 0 heterocycles. The standard InChI is InChI=1S/C17H15NO2/c1-2-12-18-17(19)13-20-16-11-7-6-10-15(16)14-8-4-3-5-9-14/h1,3-11H,12-13H2,(H,18,19). The quantitative estimate of drug-likeness (QED) is 0.843. The van der Waals surface area contributed by atoms with E-state index in [-0.39, 0.29) is 19.1 Å². The summed E-state index contributed by atoms with van der Waals surface area (Å²) >= 11 is 0. The number of amides is 1. The predicted octanol–water partition coefficient (Wildman–Crippen LogP) is 2.48. The Labute approximate surface area is 118 Å². The van der Waals surface area contributed by atoms with E-state index >= 15 is 0 Å². The van der Waals surface area contributed by atoms with E-state index in [1.807, 2.05) is 54.6 Å². The molecule has 0 aromatic heterocycles. The summed E-state index contributed by atoms with van der Waals surface area (Å²) in [7, 11) is 0. The SMILES string of the molecule is C#CCNC(=O)COc1ccccc1-c1ccccc1. The van der Waals surface area contributed by atoms with E-state index in [4.69, 9.17) is 11.2 Å². The molecular formula is C17H15NO2. The summed E-state index contributed by atoms with van der Waals surface area (Å²) < 4.78 is 5.57. The predicted molar refractivity (Wildman–Crippen MR) is 79.2 cm³/mol. The van der Waals surface area contributed by atoms with Gasteiger partial charge in [0.1, 0.15) is 5.75 Å². The normalized spacial score (nSPS) is 9.55. The fourth-order valence-electron chi connectivity index (χ4n) is 1.79. The summed E-state index contributed by atoms with van der Waals surface area (Å²) in [6.07, 6.45) is 5.08. The van der Waals surface area contributed by atoms with Gasteiger partial charge in [-0.2, -0.15) is 0 Å². The fraction of sp³-hybridized carbons (Fsp3) is 0.118. The molecule has 3 nitrogen and oxygen atoms in total. The van der Waals surface area contributed by atoms with Gasteiger partial charge >= 0.3 is 0 Å². The molecule has 0 saturated carbocycles. The van der Waals surface area contributed by atoms with E-state index in [0.29, 0.717) is 5.75 Å². The van der Waals surface area contributed by atoms with Crippen LogP contribution >= 0.6 is 0 Å². The van der Waals surface area contributed by atoms with Gasteiger partial charge in [0.05, 0.1) is 6.54 Å². The second kappa shape index (κ2) is 7.01. The van der Waals surface area contributed by atoms with Crippen LogP contribution in [0.5, 0.6) is 5.75 Å². The molecule has 0 radical (unpaired) electrons. The highest BCUT2D eigenvalue weighted by molar-refractivity contribution is 5.78. The number of nitrogens with one attached hydrogen (secondary N) is 1. The van der Waals surface area contributed by atoms with Crippen molar-refractivity contribution in [2.45, 2.75) is 0 Å². The maximum atomic E-state index is 11.5. The maximum Gasteiger partial charge on any atom is 0.258 e. The Hall–Kier alpha value is -2.73. The molecule has 0 unspecified atom stereocenters. The molecule has 0 saturated heterocycles. The minimum atomic E-state index is -0.231. The zero-order valence-corrected chi connectivity index (χ0v) is 11.0. The zero-order valence-electron chi connectivity index (χ0n) is 11.0. The average Bonchev–Trinajstić information content (AvgIpc) is 2.52. The van der Waals surface area contributed by atoms with Gasteiger partial charge in [-0.25, -0.2) is 0 Å². The number of ether oxygens (including phenoxy) is 1. The van der Waals surface area contributed by atoms with Gasteiger partial charge in [-0.1, -0.05) is 54.5 Å². The van der Waals surface area contributed by atoms with Crippen molar-refractivity contribution in [2.75, 3.05) is 13.2 Å². The lowest BCUT2D eigenvalue weighted by molar-refractivity contribution is -0.122. The van der Waals surface area contributed by atoms with Gasteiger partial charge in [-0.15, -0.1) is 6.42 Å². The Morgan fingerprint density at radius 3 is 2.55 bits per heavy atom. The lowest BCUT2D eigenvalue weighted by Gasteiger charge is -2.11. The van der Waals surface area contributed by atoms with Crippen molar-refractivity contribution in [3.05, 3.63) is 54.6 Å². The number of hydrogen-bond donors (Lipinski definition) is 1. The van der Waals surface area contributed by atoms with Crippen LogP contribution in [-0.4, -0.2) is 19.1 Å². The van der Waals surface area contributed by atoms with Crippen LogP contribution < -0.4 is 10.1 Å². The van der Waals surface area contributed by atoms with Gasteiger partial charge < -0.3 is 10.1 Å². The van der Waals surface area contributed by atoms with Crippen molar-refractivity contribution in [1.82, 2.24) is 5.32 Å². The molecule has 3 heteroatoms. The minimum Gasteiger partial charge on any atom is -0.483 e. The van der Waals surface area contributed by atoms with E-state index in [0.717, 1.165) is 11.1 Å². The number of benzene rings is 2. The number of terminal acetylenes is 1. The van der Waals surface area contributed by atoms with E-state index in [2.05, 4.69) is 11.2 Å². The lowest BCUT2D eigenvalue weighted by Crippen LogP contribution is -2.29. The van der Waals surface area contributed by atoms with Crippen LogP contribution in [0.15, 0.2) is 54.6 Å². The van der Waals surface area contributed by atoms with E-state index in [9.17, 15) is 4.79 Å². The average molecular weight is 265 g/mol. The number of rotatable bonds is 5. The highest BCUT2D eigenvalue weighted by Crippen LogP contribution is 2.29. The Bertz CT molecular complexity index is 614. The molecule has 0 atom stereocenters. The molecule has 1 amide bonds. The molecule has 1 N–H and O–H groups in total. The van der Waals surface area contributed by atoms with Crippen LogP contribution in [0.3, 0.4) is 0 Å². The molecule has 0 aliphatic carbocycles. The highest BCUT2D eigenvalue weighted by atomic mass is 16.5. The number of para-hydroxylation sites is 1. The van der Waals surface area contributed by atoms with Crippen molar-refractivity contribution in [3.63, 3.8) is 0 Å². The molecule has 2 aromatic carbocycles. The van der Waals surface area contributed by atoms with Gasteiger partial charge in [-0.3, -0.25) is 4.79 Å². The van der Waals surface area contributed by atoms with Crippen molar-refractivity contribution in [3.8, 4) is 29.2 Å². The third-order valence-electron chi connectivity index (χ3n) is 2.72. The molecule has 0 fully saturated rings. The van der Waals surface area contributed by atoms with Crippen molar-refractivity contribution < 1.29 is 9.53 Å². The van der Waals surface area contributed by atoms with Crippen molar-refractivity contribution >= 4 is 5.91 Å². The molecule has 2 aromatic rings. The minimum absolute atomic E-state index is 0.0501. The molecule has 0 bridgehead atoms. The smallest absolute Gasteiger partial charge is 0.258 e. The van der Waals surface area contributed by atoms with Gasteiger partial charge in [0.15, 0.2) is 6.61 Å². The molecular weight excluding hydrogens is 250 g/mol. The summed E-state index contributed by atoms with van der Waals surface area (Å²) in [5.41, 5.74) is 2.00. The van der Waals surface area contributed by atoms with Crippen molar-refractivity contribution in [1.29, 1.82) is 0 Å². The largest absolute Gasteiger partial charge is 0.483 e. The topological polar surface area (TPSA) is 38.3 Å². The third-order valence-corrected chi connectivity index (χ3v) is 2.72. The summed E-state index contributed by atoms with van der Waals surface area (Å²) in [4.78, 5) is 11.5. The number of carbonyl (C=O) groups is 1. The molecule has 0 spiro atoms. The van der Waals surface area contributed by atoms with Crippen LogP contribution in [0.2, 0.25) is 0 Å². The molecule has 2 rings (SSSR count). The molecule has 20 heavy (non-hydrogen) atoms. The van der Waals surface area contributed by atoms with Crippen LogP contribution in [0.25, 0.3) is 11.1 Å². The van der Waals surface area contributed by atoms with Gasteiger partial charge in [0.25, 0.3) is 5.91 Å². The zero-order chi connectivity index (χ0) is 14.2. The maximum absolute atomic E-state index is 11.5. The molecule has 0 aliphatic rings. The first kappa shape index (κ1) is 13.7. The molecule has 0 aliphatic heterocycles. The summed E-state index contributed by atoms with van der Waals surface area (Å²) in [5.74, 6) is 2.79. The van der Waals surface area contributed by atoms with E-state index < -0.39 is 0 Å². The Morgan fingerprint density at radius 1 is 1.10 bits per heavy atom. The summed E-state index contributed by atoms with van der Waals surface area (Å²) in [6.45, 7) is 0.161. The van der Waals surface area contributed by atoms with Crippen LogP contribution in [0.1, 0.15) is 0 Å². The first-order valence-corrected chi connectivity index (χ1v) is 6.28. The van der Waals surface area contributed by atoms with Crippen LogP contribution in [0.4, 0.5) is 0 Å². The Morgan fingerprint density at radius 2 is 1.80 bits per heavy atom. The molecule has 100 valence electrons. The summed E-state index contributed by atoms with van der Waals surface area (Å²) in [6, 6.07) is 17.5. The first-order chi connectivity index (χ1) is 9.81. The Kier molecular flexibility index (Phi) is 4.80. The van der Waals surface area contributed by atoms with Crippen LogP contribution in [0, 0.1) is 12.3 Å². The van der Waals surface area contributed by atoms with E-state index in [1.165, 1.54) is 0 Å². The second-order valence-electron chi connectivity index (χ2n) is 4.13. The van der Waals surface area contributed by atoms with Crippen LogP contribution in [-0.2, 0) is 4.79 Å². The van der Waals surface area contributed by atoms with E-state index in [1.54, 1.807) is 0 Å². The number of carbonyl (C=O) groups excluding carboxylic acids is 1. The van der Waals surface area contributed by atoms with Gasteiger partial charge in [-0.05, 0) is 11.6 Å². The third kappa shape index (κ3) is 3.63.